The minimum atomic E-state index is 0.0381. The third-order valence-electron chi connectivity index (χ3n) is 3.90. The summed E-state index contributed by atoms with van der Waals surface area (Å²) in [6, 6.07) is 15.2. The first-order valence-electron chi connectivity index (χ1n) is 7.59. The Morgan fingerprint density at radius 2 is 1.83 bits per heavy atom. The maximum absolute atomic E-state index is 11.6. The van der Waals surface area contributed by atoms with Gasteiger partial charge >= 0.3 is 0 Å². The van der Waals surface area contributed by atoms with Gasteiger partial charge in [0.05, 0.1) is 17.6 Å². The quantitative estimate of drug-likeness (QED) is 0.541. The molecule has 0 fully saturated rings. The summed E-state index contributed by atoms with van der Waals surface area (Å²) >= 11 is 0. The predicted octanol–water partition coefficient (Wildman–Crippen LogP) is 3.66. The molecule has 0 bridgehead atoms. The molecule has 0 aliphatic rings. The zero-order valence-corrected chi connectivity index (χ0v) is 13.0. The summed E-state index contributed by atoms with van der Waals surface area (Å²) in [5, 5.41) is 4.70. The van der Waals surface area contributed by atoms with Crippen LogP contribution in [0, 0.1) is 0 Å². The molecule has 0 N–H and O–H groups in total. The lowest BCUT2D eigenvalue weighted by Gasteiger charge is -2.05. The van der Waals surface area contributed by atoms with E-state index in [1.165, 1.54) is 0 Å². The lowest BCUT2D eigenvalue weighted by Crippen LogP contribution is -1.98. The first-order valence-corrected chi connectivity index (χ1v) is 7.59. The van der Waals surface area contributed by atoms with Gasteiger partial charge in [0.15, 0.2) is 11.4 Å². The molecule has 0 saturated heterocycles. The molecule has 0 amide bonds. The number of imidazole rings is 1. The number of carbonyl (C=O) groups excluding carboxylic acids is 1. The first-order chi connectivity index (χ1) is 11.7. The van der Waals surface area contributed by atoms with E-state index >= 15 is 0 Å². The zero-order valence-electron chi connectivity index (χ0n) is 13.0. The molecule has 5 heteroatoms. The Morgan fingerprint density at radius 3 is 2.62 bits per heavy atom. The van der Waals surface area contributed by atoms with Gasteiger partial charge in [-0.25, -0.2) is 9.50 Å². The Kier molecular flexibility index (Phi) is 3.39. The van der Waals surface area contributed by atoms with E-state index < -0.39 is 0 Å². The number of carbonyl (C=O) groups is 1. The Bertz CT molecular complexity index is 1040. The number of hydrogen-bond acceptors (Lipinski definition) is 4. The standard InChI is InChI=1S/C19H14N4O/c1-13(24)15-3-2-4-16(11-15)18-12-21-19-6-5-17(22-23(18)19)14-7-9-20-10-8-14/h2-12H,1H3. The van der Waals surface area contributed by atoms with Crippen LogP contribution in [0.25, 0.3) is 28.2 Å². The molecule has 5 nitrogen and oxygen atoms in total. The topological polar surface area (TPSA) is 60.2 Å². The second kappa shape index (κ2) is 5.70. The summed E-state index contributed by atoms with van der Waals surface area (Å²) in [6.45, 7) is 1.56. The molecule has 4 rings (SSSR count). The Labute approximate surface area is 138 Å². The van der Waals surface area contributed by atoms with Gasteiger partial charge in [-0.05, 0) is 37.3 Å². The predicted molar refractivity (Wildman–Crippen MR) is 91.7 cm³/mol. The Balaban J connectivity index is 1.88. The van der Waals surface area contributed by atoms with Gasteiger partial charge in [0.2, 0.25) is 0 Å². The van der Waals surface area contributed by atoms with Crippen LogP contribution in [0.1, 0.15) is 17.3 Å². The fourth-order valence-electron chi connectivity index (χ4n) is 2.64. The number of Topliss-reactive ketones (excluding diaryl/α,β-unsaturated/α-hetero) is 1. The van der Waals surface area contributed by atoms with Crippen molar-refractivity contribution in [2.45, 2.75) is 6.92 Å². The van der Waals surface area contributed by atoms with E-state index in [0.29, 0.717) is 5.56 Å². The molecule has 1 aromatic carbocycles. The van der Waals surface area contributed by atoms with Gasteiger partial charge < -0.3 is 0 Å². The fraction of sp³-hybridized carbons (Fsp3) is 0.0526. The molecule has 0 aliphatic heterocycles. The zero-order chi connectivity index (χ0) is 16.5. The van der Waals surface area contributed by atoms with Gasteiger partial charge in [0.1, 0.15) is 0 Å². The number of nitrogens with zero attached hydrogens (tertiary/aromatic N) is 4. The highest BCUT2D eigenvalue weighted by Crippen LogP contribution is 2.23. The summed E-state index contributed by atoms with van der Waals surface area (Å²) in [4.78, 5) is 20.1. The highest BCUT2D eigenvalue weighted by Gasteiger charge is 2.10. The molecule has 0 unspecified atom stereocenters. The van der Waals surface area contributed by atoms with Crippen LogP contribution < -0.4 is 0 Å². The Hall–Kier alpha value is -3.34. The summed E-state index contributed by atoms with van der Waals surface area (Å²) < 4.78 is 1.80. The van der Waals surface area contributed by atoms with Crippen molar-refractivity contribution in [3.05, 3.63) is 72.7 Å². The van der Waals surface area contributed by atoms with Crippen molar-refractivity contribution in [2.75, 3.05) is 0 Å². The van der Waals surface area contributed by atoms with Crippen molar-refractivity contribution in [1.82, 2.24) is 19.6 Å². The summed E-state index contributed by atoms with van der Waals surface area (Å²) in [5.74, 6) is 0.0381. The van der Waals surface area contributed by atoms with Crippen LogP contribution in [0.3, 0.4) is 0 Å². The van der Waals surface area contributed by atoms with E-state index in [9.17, 15) is 4.79 Å². The highest BCUT2D eigenvalue weighted by molar-refractivity contribution is 5.95. The lowest BCUT2D eigenvalue weighted by molar-refractivity contribution is 0.101. The van der Waals surface area contributed by atoms with E-state index in [-0.39, 0.29) is 5.78 Å². The molecule has 0 saturated carbocycles. The number of aromatic nitrogens is 4. The van der Waals surface area contributed by atoms with Crippen LogP contribution >= 0.6 is 0 Å². The van der Waals surface area contributed by atoms with Crippen LogP contribution in [-0.2, 0) is 0 Å². The van der Waals surface area contributed by atoms with E-state index in [2.05, 4.69) is 9.97 Å². The van der Waals surface area contributed by atoms with Gasteiger partial charge in [0, 0.05) is 29.1 Å². The van der Waals surface area contributed by atoms with Crippen molar-refractivity contribution < 1.29 is 4.79 Å². The molecule has 0 atom stereocenters. The molecular weight excluding hydrogens is 300 g/mol. The molecule has 4 aromatic rings. The maximum Gasteiger partial charge on any atom is 0.159 e. The summed E-state index contributed by atoms with van der Waals surface area (Å²) in [7, 11) is 0. The molecule has 3 heterocycles. The maximum atomic E-state index is 11.6. The molecule has 0 radical (unpaired) electrons. The number of pyridine rings is 1. The largest absolute Gasteiger partial charge is 0.295 e. The van der Waals surface area contributed by atoms with Crippen molar-refractivity contribution in [2.24, 2.45) is 0 Å². The van der Waals surface area contributed by atoms with E-state index in [1.807, 2.05) is 48.5 Å². The van der Waals surface area contributed by atoms with E-state index in [0.717, 1.165) is 28.2 Å². The third kappa shape index (κ3) is 2.46. The van der Waals surface area contributed by atoms with E-state index in [1.54, 1.807) is 30.0 Å². The van der Waals surface area contributed by atoms with Crippen LogP contribution in [0.5, 0.6) is 0 Å². The van der Waals surface area contributed by atoms with Crippen LogP contribution in [0.2, 0.25) is 0 Å². The molecule has 3 aromatic heterocycles. The van der Waals surface area contributed by atoms with Gasteiger partial charge in [-0.15, -0.1) is 0 Å². The van der Waals surface area contributed by atoms with Gasteiger partial charge in [-0.3, -0.25) is 9.78 Å². The first kappa shape index (κ1) is 14.3. The summed E-state index contributed by atoms with van der Waals surface area (Å²) in [5.41, 5.74) is 5.03. The van der Waals surface area contributed by atoms with Crippen LogP contribution in [0.4, 0.5) is 0 Å². The SMILES string of the molecule is CC(=O)c1cccc(-c2cnc3ccc(-c4ccncc4)nn23)c1. The molecular formula is C19H14N4O. The minimum Gasteiger partial charge on any atom is -0.295 e. The average molecular weight is 314 g/mol. The molecule has 24 heavy (non-hydrogen) atoms. The van der Waals surface area contributed by atoms with Gasteiger partial charge in [-0.2, -0.15) is 5.10 Å². The second-order valence-corrected chi connectivity index (χ2v) is 5.50. The smallest absolute Gasteiger partial charge is 0.159 e. The number of fused-ring (bicyclic) bond motifs is 1. The van der Waals surface area contributed by atoms with Crippen LogP contribution in [-0.4, -0.2) is 25.4 Å². The van der Waals surface area contributed by atoms with Gasteiger partial charge in [0.25, 0.3) is 0 Å². The lowest BCUT2D eigenvalue weighted by atomic mass is 10.1. The summed E-state index contributed by atoms with van der Waals surface area (Å²) in [6.07, 6.45) is 5.26. The third-order valence-corrected chi connectivity index (χ3v) is 3.90. The van der Waals surface area contributed by atoms with Crippen LogP contribution in [0.15, 0.2) is 67.1 Å². The van der Waals surface area contributed by atoms with Crippen molar-refractivity contribution in [3.63, 3.8) is 0 Å². The second-order valence-electron chi connectivity index (χ2n) is 5.50. The van der Waals surface area contributed by atoms with Crippen molar-refractivity contribution >= 4 is 11.4 Å². The monoisotopic (exact) mass is 314 g/mol. The number of ketones is 1. The highest BCUT2D eigenvalue weighted by atomic mass is 16.1. The van der Waals surface area contributed by atoms with Gasteiger partial charge in [-0.1, -0.05) is 18.2 Å². The van der Waals surface area contributed by atoms with E-state index in [4.69, 9.17) is 5.10 Å². The molecule has 116 valence electrons. The minimum absolute atomic E-state index is 0.0381. The normalized spacial score (nSPS) is 10.9. The number of hydrogen-bond donors (Lipinski definition) is 0. The fourth-order valence-corrected chi connectivity index (χ4v) is 2.64. The van der Waals surface area contributed by atoms with Crippen molar-refractivity contribution in [1.29, 1.82) is 0 Å². The molecule has 0 aliphatic carbocycles. The molecule has 0 spiro atoms. The number of benzene rings is 1. The number of rotatable bonds is 3. The Morgan fingerprint density at radius 1 is 1.00 bits per heavy atom. The van der Waals surface area contributed by atoms with Crippen molar-refractivity contribution in [3.8, 4) is 22.5 Å². The average Bonchev–Trinajstić information content (AvgIpc) is 3.05.